The smallest absolute Gasteiger partial charge is 0.251 e. The number of sulfone groups is 1. The molecule has 1 amide bonds. The fourth-order valence-corrected chi connectivity index (χ4v) is 6.31. The maximum Gasteiger partial charge on any atom is 0.251 e. The number of aromatic nitrogens is 3. The third-order valence-electron chi connectivity index (χ3n) is 6.75. The van der Waals surface area contributed by atoms with E-state index in [1.807, 2.05) is 30.3 Å². The lowest BCUT2D eigenvalue weighted by molar-refractivity contribution is 0.0950. The molecule has 11 heteroatoms. The van der Waals surface area contributed by atoms with Gasteiger partial charge in [-0.05, 0) is 60.4 Å². The van der Waals surface area contributed by atoms with Gasteiger partial charge in [0.25, 0.3) is 5.91 Å². The molecular weight excluding hydrogens is 526 g/mol. The first-order valence-electron chi connectivity index (χ1n) is 12.3. The molecule has 0 radical (unpaired) electrons. The molecule has 9 nitrogen and oxygen atoms in total. The fourth-order valence-electron chi connectivity index (χ4n) is 4.77. The van der Waals surface area contributed by atoms with E-state index in [4.69, 9.17) is 21.3 Å². The predicted octanol–water partition coefficient (Wildman–Crippen LogP) is 4.00. The van der Waals surface area contributed by atoms with Gasteiger partial charge in [-0.3, -0.25) is 9.78 Å². The lowest BCUT2D eigenvalue weighted by atomic mass is 10.1. The van der Waals surface area contributed by atoms with E-state index in [1.165, 1.54) is 6.07 Å². The van der Waals surface area contributed by atoms with Gasteiger partial charge in [0.1, 0.15) is 16.8 Å². The molecule has 0 spiro atoms. The van der Waals surface area contributed by atoms with E-state index in [1.54, 1.807) is 18.3 Å². The van der Waals surface area contributed by atoms with Crippen molar-refractivity contribution in [1.29, 1.82) is 0 Å². The molecule has 38 heavy (non-hydrogen) atoms. The summed E-state index contributed by atoms with van der Waals surface area (Å²) in [5.74, 6) is 1.10. The number of ether oxygens (including phenoxy) is 1. The number of aryl methyl sites for hydroxylation is 1. The second kappa shape index (κ2) is 9.94. The van der Waals surface area contributed by atoms with Gasteiger partial charge in [-0.2, -0.15) is 0 Å². The summed E-state index contributed by atoms with van der Waals surface area (Å²) in [5, 5.41) is 4.15. The molecule has 5 heterocycles. The molecule has 3 aromatic heterocycles. The maximum absolute atomic E-state index is 12.9. The van der Waals surface area contributed by atoms with Crippen molar-refractivity contribution in [2.45, 2.75) is 30.9 Å². The summed E-state index contributed by atoms with van der Waals surface area (Å²) in [4.78, 5) is 28.9. The summed E-state index contributed by atoms with van der Waals surface area (Å²) < 4.78 is 30.5. The van der Waals surface area contributed by atoms with Crippen molar-refractivity contribution in [1.82, 2.24) is 20.3 Å². The first-order valence-corrected chi connectivity index (χ1v) is 14.3. The molecule has 6 rings (SSSR count). The Hall–Kier alpha value is -3.60. The van der Waals surface area contributed by atoms with Crippen molar-refractivity contribution in [3.8, 4) is 0 Å². The summed E-state index contributed by atoms with van der Waals surface area (Å²) >= 11 is 6.17. The molecule has 0 fully saturated rings. The Morgan fingerprint density at radius 3 is 2.84 bits per heavy atom. The van der Waals surface area contributed by atoms with Gasteiger partial charge in [-0.15, -0.1) is 0 Å². The van der Waals surface area contributed by atoms with E-state index in [9.17, 15) is 13.2 Å². The van der Waals surface area contributed by atoms with Crippen LogP contribution in [0.4, 0.5) is 11.6 Å². The van der Waals surface area contributed by atoms with Crippen molar-refractivity contribution in [2.75, 3.05) is 23.8 Å². The van der Waals surface area contributed by atoms with Crippen LogP contribution in [-0.4, -0.2) is 48.2 Å². The molecular formula is C27H24ClN5O4S. The van der Waals surface area contributed by atoms with Crippen LogP contribution in [0.5, 0.6) is 0 Å². The third-order valence-corrected chi connectivity index (χ3v) is 8.71. The molecule has 4 aromatic rings. The van der Waals surface area contributed by atoms with Crippen LogP contribution < -0.4 is 10.2 Å². The summed E-state index contributed by atoms with van der Waals surface area (Å²) in [6.07, 6.45) is 3.66. The molecule has 2 aliphatic heterocycles. The van der Waals surface area contributed by atoms with Crippen LogP contribution in [0.25, 0.3) is 10.9 Å². The van der Waals surface area contributed by atoms with Gasteiger partial charge in [0.15, 0.2) is 9.84 Å². The Morgan fingerprint density at radius 1 is 1.08 bits per heavy atom. The summed E-state index contributed by atoms with van der Waals surface area (Å²) in [5.41, 5.74) is 3.34. The van der Waals surface area contributed by atoms with Crippen LogP contribution in [0.3, 0.4) is 0 Å². The molecule has 194 valence electrons. The normalized spacial score (nSPS) is 16.4. The van der Waals surface area contributed by atoms with Crippen molar-refractivity contribution >= 4 is 49.9 Å². The molecule has 0 bridgehead atoms. The van der Waals surface area contributed by atoms with Crippen molar-refractivity contribution in [3.05, 3.63) is 82.3 Å². The molecule has 0 saturated carbocycles. The Bertz CT molecular complexity index is 1680. The topological polar surface area (TPSA) is 114 Å². The van der Waals surface area contributed by atoms with Crippen LogP contribution in [-0.2, 0) is 34.1 Å². The number of halogens is 1. The minimum absolute atomic E-state index is 0.104. The molecule has 1 aromatic carbocycles. The average Bonchev–Trinajstić information content (AvgIpc) is 3.08. The van der Waals surface area contributed by atoms with Gasteiger partial charge in [-0.1, -0.05) is 23.7 Å². The van der Waals surface area contributed by atoms with Gasteiger partial charge in [-0.25, -0.2) is 18.4 Å². The number of fused-ring (bicyclic) bond motifs is 3. The molecule has 0 unspecified atom stereocenters. The zero-order valence-corrected chi connectivity index (χ0v) is 21.9. The number of benzene rings is 1. The van der Waals surface area contributed by atoms with Gasteiger partial charge in [0.2, 0.25) is 0 Å². The fraction of sp³-hybridized carbons (Fsp3) is 0.259. The number of nitrogens with one attached hydrogen (secondary N) is 1. The number of hydrogen-bond donors (Lipinski definition) is 1. The van der Waals surface area contributed by atoms with Crippen LogP contribution in [0.1, 0.15) is 33.6 Å². The standard InChI is InChI=1S/C27H24ClN5O4S/c28-24-7-5-17-2-1-9-33(26(17)32-24)25-8-6-19-14-29-21(13-22(19)31-25)15-30-27(34)18-3-4-20-16-37-10-11-38(35,36)23(20)12-18/h3-8,12-14H,1-2,9-11,15-16H2,(H,30,34). The van der Waals surface area contributed by atoms with Crippen LogP contribution >= 0.6 is 11.6 Å². The summed E-state index contributed by atoms with van der Waals surface area (Å²) in [6.45, 7) is 1.29. The largest absolute Gasteiger partial charge is 0.376 e. The summed E-state index contributed by atoms with van der Waals surface area (Å²) in [7, 11) is -3.50. The Kier molecular flexibility index (Phi) is 6.46. The predicted molar refractivity (Wildman–Crippen MR) is 143 cm³/mol. The van der Waals surface area contributed by atoms with E-state index in [-0.39, 0.29) is 41.9 Å². The van der Waals surface area contributed by atoms with E-state index in [2.05, 4.69) is 20.2 Å². The van der Waals surface area contributed by atoms with Crippen molar-refractivity contribution < 1.29 is 17.9 Å². The van der Waals surface area contributed by atoms with E-state index in [0.717, 1.165) is 47.5 Å². The first-order chi connectivity index (χ1) is 18.4. The molecule has 0 atom stereocenters. The van der Waals surface area contributed by atoms with Crippen LogP contribution in [0, 0.1) is 0 Å². The lowest BCUT2D eigenvalue weighted by Crippen LogP contribution is -2.26. The number of carbonyl (C=O) groups excluding carboxylic acids is 1. The number of rotatable bonds is 4. The maximum atomic E-state index is 12.9. The average molecular weight is 550 g/mol. The highest BCUT2D eigenvalue weighted by Crippen LogP contribution is 2.32. The first kappa shape index (κ1) is 24.7. The zero-order chi connectivity index (χ0) is 26.3. The number of hydrogen-bond acceptors (Lipinski definition) is 8. The Labute approximate surface area is 224 Å². The SMILES string of the molecule is O=C(NCc1cc2nc(N3CCCc4ccc(Cl)nc43)ccc2cn1)c1ccc2c(c1)S(=O)(=O)CCOC2. The second-order valence-electron chi connectivity index (χ2n) is 9.29. The Morgan fingerprint density at radius 2 is 1.95 bits per heavy atom. The third kappa shape index (κ3) is 4.82. The summed E-state index contributed by atoms with van der Waals surface area (Å²) in [6, 6.07) is 14.2. The van der Waals surface area contributed by atoms with E-state index >= 15 is 0 Å². The number of carbonyl (C=O) groups is 1. The molecule has 0 saturated heterocycles. The molecule has 1 N–H and O–H groups in total. The van der Waals surface area contributed by atoms with Gasteiger partial charge in [0, 0.05) is 23.7 Å². The van der Waals surface area contributed by atoms with E-state index in [0.29, 0.717) is 16.4 Å². The highest BCUT2D eigenvalue weighted by molar-refractivity contribution is 7.91. The van der Waals surface area contributed by atoms with Gasteiger partial charge < -0.3 is 15.0 Å². The molecule has 0 aliphatic carbocycles. The molecule has 2 aliphatic rings. The Balaban J connectivity index is 1.22. The number of nitrogens with zero attached hydrogens (tertiary/aromatic N) is 4. The minimum Gasteiger partial charge on any atom is -0.376 e. The second-order valence-corrected chi connectivity index (χ2v) is 11.8. The van der Waals surface area contributed by atoms with Gasteiger partial charge >= 0.3 is 0 Å². The highest BCUT2D eigenvalue weighted by Gasteiger charge is 2.24. The monoisotopic (exact) mass is 549 g/mol. The van der Waals surface area contributed by atoms with Crippen LogP contribution in [0.2, 0.25) is 5.15 Å². The zero-order valence-electron chi connectivity index (χ0n) is 20.4. The van der Waals surface area contributed by atoms with Gasteiger partial charge in [0.05, 0.1) is 41.6 Å². The van der Waals surface area contributed by atoms with Crippen molar-refractivity contribution in [3.63, 3.8) is 0 Å². The van der Waals surface area contributed by atoms with Crippen LogP contribution in [0.15, 0.2) is 59.6 Å². The number of anilines is 2. The van der Waals surface area contributed by atoms with E-state index < -0.39 is 9.84 Å². The number of amides is 1. The lowest BCUT2D eigenvalue weighted by Gasteiger charge is -2.29. The quantitative estimate of drug-likeness (QED) is 0.380. The van der Waals surface area contributed by atoms with Crippen molar-refractivity contribution in [2.24, 2.45) is 0 Å². The number of pyridine rings is 3. The highest BCUT2D eigenvalue weighted by atomic mass is 35.5. The minimum atomic E-state index is -3.50.